The minimum atomic E-state index is -4.84. The summed E-state index contributed by atoms with van der Waals surface area (Å²) in [5.41, 5.74) is -0.179. The van der Waals surface area contributed by atoms with Gasteiger partial charge in [0.25, 0.3) is 11.9 Å². The van der Waals surface area contributed by atoms with Crippen LogP contribution in [0.25, 0.3) is 0 Å². The fourth-order valence-corrected chi connectivity index (χ4v) is 5.35. The molecule has 1 aromatic carbocycles. The molecule has 3 aromatic rings. The minimum absolute atomic E-state index is 0.144. The van der Waals surface area contributed by atoms with E-state index in [-0.39, 0.29) is 17.6 Å². The molecule has 2 atom stereocenters. The smallest absolute Gasteiger partial charge is 0.417 e. The van der Waals surface area contributed by atoms with E-state index in [2.05, 4.69) is 20.2 Å². The first-order chi connectivity index (χ1) is 18.7. The number of aliphatic hydroxyl groups is 1. The molecule has 2 aliphatic rings. The molecule has 8 nitrogen and oxygen atoms in total. The fraction of sp³-hybridized carbons (Fsp3) is 0.464. The number of alkyl halides is 3. The third kappa shape index (κ3) is 6.19. The molecule has 0 radical (unpaired) electrons. The van der Waals surface area contributed by atoms with E-state index in [0.717, 1.165) is 31.2 Å². The number of rotatable bonds is 6. The lowest BCUT2D eigenvalue weighted by Crippen LogP contribution is -2.36. The SMILES string of the molecule is CC1CCCN(c2nc(C(F)(F)F)c(C(=O)Nc3ccc(N4CCC(C(O)c5ccccc5)CC4)nc3)o2)C1. The van der Waals surface area contributed by atoms with Crippen LogP contribution in [0.5, 0.6) is 0 Å². The van der Waals surface area contributed by atoms with Gasteiger partial charge in [-0.1, -0.05) is 37.3 Å². The zero-order valence-corrected chi connectivity index (χ0v) is 21.7. The Hall–Kier alpha value is -3.60. The highest BCUT2D eigenvalue weighted by molar-refractivity contribution is 6.03. The molecule has 0 bridgehead atoms. The number of nitrogens with zero attached hydrogens (tertiary/aromatic N) is 4. The first-order valence-electron chi connectivity index (χ1n) is 13.3. The molecule has 2 fully saturated rings. The average molecular weight is 544 g/mol. The Morgan fingerprint density at radius 1 is 1.08 bits per heavy atom. The number of anilines is 3. The molecule has 11 heteroatoms. The second kappa shape index (κ2) is 11.3. The van der Waals surface area contributed by atoms with E-state index in [0.29, 0.717) is 37.9 Å². The number of hydrogen-bond donors (Lipinski definition) is 2. The number of carbonyl (C=O) groups excluding carboxylic acids is 1. The molecular formula is C28H32F3N5O3. The monoisotopic (exact) mass is 543 g/mol. The van der Waals surface area contributed by atoms with Gasteiger partial charge in [-0.15, -0.1) is 0 Å². The highest BCUT2D eigenvalue weighted by Crippen LogP contribution is 2.36. The van der Waals surface area contributed by atoms with Crippen molar-refractivity contribution in [3.8, 4) is 0 Å². The molecule has 0 spiro atoms. The lowest BCUT2D eigenvalue weighted by atomic mass is 9.87. The fourth-order valence-electron chi connectivity index (χ4n) is 5.35. The summed E-state index contributed by atoms with van der Waals surface area (Å²) in [7, 11) is 0. The van der Waals surface area contributed by atoms with E-state index in [1.807, 2.05) is 37.3 Å². The van der Waals surface area contributed by atoms with Gasteiger partial charge in [-0.3, -0.25) is 4.79 Å². The Morgan fingerprint density at radius 3 is 2.46 bits per heavy atom. The molecule has 5 rings (SSSR count). The van der Waals surface area contributed by atoms with Crippen LogP contribution in [0.2, 0.25) is 0 Å². The average Bonchev–Trinajstić information content (AvgIpc) is 3.41. The first kappa shape index (κ1) is 27.0. The van der Waals surface area contributed by atoms with Crippen LogP contribution in [0.1, 0.15) is 60.5 Å². The number of aromatic nitrogens is 2. The number of carbonyl (C=O) groups is 1. The minimum Gasteiger partial charge on any atom is -0.417 e. The molecule has 4 heterocycles. The van der Waals surface area contributed by atoms with Crippen LogP contribution in [-0.4, -0.2) is 47.2 Å². The highest BCUT2D eigenvalue weighted by atomic mass is 19.4. The van der Waals surface area contributed by atoms with Crippen molar-refractivity contribution < 1.29 is 27.5 Å². The Labute approximate surface area is 224 Å². The van der Waals surface area contributed by atoms with Crippen molar-refractivity contribution in [1.29, 1.82) is 0 Å². The molecule has 0 saturated carbocycles. The van der Waals surface area contributed by atoms with Gasteiger partial charge in [-0.2, -0.15) is 18.2 Å². The van der Waals surface area contributed by atoms with Gasteiger partial charge in [-0.25, -0.2) is 4.98 Å². The van der Waals surface area contributed by atoms with E-state index in [1.165, 1.54) is 6.20 Å². The normalized spacial score (nSPS) is 19.7. The van der Waals surface area contributed by atoms with Crippen LogP contribution in [0.3, 0.4) is 0 Å². The van der Waals surface area contributed by atoms with Gasteiger partial charge in [0.05, 0.1) is 18.0 Å². The maximum absolute atomic E-state index is 13.7. The summed E-state index contributed by atoms with van der Waals surface area (Å²) in [6, 6.07) is 12.7. The number of aliphatic hydroxyl groups excluding tert-OH is 1. The summed E-state index contributed by atoms with van der Waals surface area (Å²) in [6.45, 7) is 4.47. The molecule has 2 aliphatic heterocycles. The zero-order chi connectivity index (χ0) is 27.6. The maximum atomic E-state index is 13.7. The number of oxazole rings is 1. The second-order valence-corrected chi connectivity index (χ2v) is 10.4. The van der Waals surface area contributed by atoms with Crippen LogP contribution in [0.4, 0.5) is 30.7 Å². The van der Waals surface area contributed by atoms with Crippen molar-refractivity contribution in [1.82, 2.24) is 9.97 Å². The number of amides is 1. The van der Waals surface area contributed by atoms with Gasteiger partial charge >= 0.3 is 6.18 Å². The highest BCUT2D eigenvalue weighted by Gasteiger charge is 2.42. The van der Waals surface area contributed by atoms with E-state index >= 15 is 0 Å². The number of halogens is 3. The van der Waals surface area contributed by atoms with Crippen LogP contribution in [0.15, 0.2) is 53.1 Å². The molecule has 39 heavy (non-hydrogen) atoms. The number of piperidine rings is 2. The topological polar surface area (TPSA) is 94.7 Å². The van der Waals surface area contributed by atoms with E-state index in [9.17, 15) is 23.1 Å². The van der Waals surface area contributed by atoms with Gasteiger partial charge in [-0.05, 0) is 55.2 Å². The van der Waals surface area contributed by atoms with Crippen LogP contribution in [-0.2, 0) is 6.18 Å². The van der Waals surface area contributed by atoms with Gasteiger partial charge < -0.3 is 24.6 Å². The first-order valence-corrected chi connectivity index (χ1v) is 13.3. The Balaban J connectivity index is 1.22. The zero-order valence-electron chi connectivity index (χ0n) is 21.7. The van der Waals surface area contributed by atoms with Crippen molar-refractivity contribution in [3.05, 3.63) is 65.7 Å². The van der Waals surface area contributed by atoms with Crippen molar-refractivity contribution in [2.75, 3.05) is 41.3 Å². The van der Waals surface area contributed by atoms with E-state index in [1.54, 1.807) is 17.0 Å². The summed E-state index contributed by atoms with van der Waals surface area (Å²) >= 11 is 0. The summed E-state index contributed by atoms with van der Waals surface area (Å²) < 4.78 is 46.4. The van der Waals surface area contributed by atoms with Gasteiger partial charge in [0.15, 0.2) is 5.69 Å². The predicted molar refractivity (Wildman–Crippen MR) is 141 cm³/mol. The molecule has 1 amide bonds. The third-order valence-corrected chi connectivity index (χ3v) is 7.48. The Bertz CT molecular complexity index is 1260. The Kier molecular flexibility index (Phi) is 7.79. The summed E-state index contributed by atoms with van der Waals surface area (Å²) in [4.78, 5) is 24.6. The van der Waals surface area contributed by atoms with Crippen molar-refractivity contribution >= 4 is 23.4 Å². The summed E-state index contributed by atoms with van der Waals surface area (Å²) in [5, 5.41) is 13.2. The largest absolute Gasteiger partial charge is 0.437 e. The van der Waals surface area contributed by atoms with E-state index in [4.69, 9.17) is 4.42 Å². The lowest BCUT2D eigenvalue weighted by molar-refractivity contribution is -0.141. The lowest BCUT2D eigenvalue weighted by Gasteiger charge is -2.35. The third-order valence-electron chi connectivity index (χ3n) is 7.48. The second-order valence-electron chi connectivity index (χ2n) is 10.4. The molecule has 2 saturated heterocycles. The van der Waals surface area contributed by atoms with Crippen molar-refractivity contribution in [3.63, 3.8) is 0 Å². The van der Waals surface area contributed by atoms with Gasteiger partial charge in [0, 0.05) is 26.2 Å². The summed E-state index contributed by atoms with van der Waals surface area (Å²) in [6.07, 6.45) is -0.563. The van der Waals surface area contributed by atoms with Crippen LogP contribution in [0, 0.1) is 11.8 Å². The quantitative estimate of drug-likeness (QED) is 0.422. The molecule has 2 N–H and O–H groups in total. The molecule has 0 aliphatic carbocycles. The van der Waals surface area contributed by atoms with Crippen molar-refractivity contribution in [2.45, 2.75) is 44.9 Å². The summed E-state index contributed by atoms with van der Waals surface area (Å²) in [5.74, 6) is -0.764. The maximum Gasteiger partial charge on any atom is 0.437 e. The molecular weight excluding hydrogens is 511 g/mol. The van der Waals surface area contributed by atoms with Gasteiger partial charge in [0.2, 0.25) is 5.76 Å². The van der Waals surface area contributed by atoms with Crippen LogP contribution >= 0.6 is 0 Å². The van der Waals surface area contributed by atoms with E-state index < -0.39 is 29.6 Å². The predicted octanol–water partition coefficient (Wildman–Crippen LogP) is 5.53. The van der Waals surface area contributed by atoms with Crippen LogP contribution < -0.4 is 15.1 Å². The van der Waals surface area contributed by atoms with Gasteiger partial charge in [0.1, 0.15) is 5.82 Å². The Morgan fingerprint density at radius 2 is 1.82 bits per heavy atom. The molecule has 2 aromatic heterocycles. The number of benzene rings is 1. The number of hydrogen-bond acceptors (Lipinski definition) is 7. The number of pyridine rings is 1. The number of nitrogens with one attached hydrogen (secondary N) is 1. The molecule has 2 unspecified atom stereocenters. The molecule has 208 valence electrons. The standard InChI is InChI=1S/C28H32F3N5O3/c1-18-6-5-13-36(17-18)27-34-25(28(29,30)31)24(39-27)26(38)33-21-9-10-22(32-16-21)35-14-11-20(12-15-35)23(37)19-7-3-2-4-8-19/h2-4,7-10,16,18,20,23,37H,5-6,11-15,17H2,1H3,(H,33,38). The van der Waals surface area contributed by atoms with Crippen molar-refractivity contribution in [2.24, 2.45) is 11.8 Å².